The normalized spacial score (nSPS) is 19.3. The molecular weight excluding hydrogens is 399 g/mol. The minimum atomic E-state index is -0.394. The van der Waals surface area contributed by atoms with Crippen LogP contribution in [0.25, 0.3) is 21.8 Å². The van der Waals surface area contributed by atoms with Crippen molar-refractivity contribution in [3.63, 3.8) is 0 Å². The Bertz CT molecular complexity index is 1260. The van der Waals surface area contributed by atoms with E-state index in [0.717, 1.165) is 24.4 Å². The largest absolute Gasteiger partial charge is 0.480 e. The van der Waals surface area contributed by atoms with Gasteiger partial charge in [-0.3, -0.25) is 9.78 Å². The summed E-state index contributed by atoms with van der Waals surface area (Å²) in [4.78, 5) is 6.99. The third-order valence-electron chi connectivity index (χ3n) is 5.51. The smallest absolute Gasteiger partial charge is 0.228 e. The lowest BCUT2D eigenvalue weighted by Crippen LogP contribution is -2.54. The van der Waals surface area contributed by atoms with Crippen molar-refractivity contribution in [3.05, 3.63) is 30.2 Å². The van der Waals surface area contributed by atoms with E-state index in [9.17, 15) is 4.39 Å². The Morgan fingerprint density at radius 2 is 1.97 bits per heavy atom. The standard InChI is InChI=1S/C21H25FN8O/c1-11-8-30(9-12(2)23-11)17-7-16-18(21(25-17)31-4)20(27-26-16)24-14-5-13-10-29(3)28-19(13)15(22)6-14/h5-7,10-12,23H,8-9H2,1-4H3,(H2,24,26,27)/t11-,12-/m0/s1. The molecule has 4 heterocycles. The number of ether oxygens (including phenoxy) is 1. The number of pyridine rings is 1. The molecular formula is C21H25FN8O. The minimum Gasteiger partial charge on any atom is -0.480 e. The molecule has 162 valence electrons. The Hall–Kier alpha value is -3.40. The molecule has 9 nitrogen and oxygen atoms in total. The number of benzene rings is 1. The molecule has 1 aromatic carbocycles. The van der Waals surface area contributed by atoms with Crippen LogP contribution in [0.1, 0.15) is 13.8 Å². The first kappa shape index (κ1) is 19.6. The molecule has 31 heavy (non-hydrogen) atoms. The maximum Gasteiger partial charge on any atom is 0.228 e. The highest BCUT2D eigenvalue weighted by Gasteiger charge is 2.24. The van der Waals surface area contributed by atoms with Gasteiger partial charge in [0.05, 0.1) is 12.6 Å². The van der Waals surface area contributed by atoms with Crippen LogP contribution in [0.15, 0.2) is 24.4 Å². The van der Waals surface area contributed by atoms with Gasteiger partial charge in [-0.1, -0.05) is 0 Å². The van der Waals surface area contributed by atoms with Gasteiger partial charge in [-0.15, -0.1) is 0 Å². The highest BCUT2D eigenvalue weighted by molar-refractivity contribution is 5.97. The molecule has 0 unspecified atom stereocenters. The Balaban J connectivity index is 1.52. The van der Waals surface area contributed by atoms with Crippen molar-refractivity contribution in [3.8, 4) is 5.88 Å². The van der Waals surface area contributed by atoms with Crippen molar-refractivity contribution in [1.82, 2.24) is 30.3 Å². The Morgan fingerprint density at radius 1 is 1.19 bits per heavy atom. The number of nitrogens with one attached hydrogen (secondary N) is 3. The van der Waals surface area contributed by atoms with Crippen LogP contribution in [0.3, 0.4) is 0 Å². The molecule has 10 heteroatoms. The third-order valence-corrected chi connectivity index (χ3v) is 5.51. The third kappa shape index (κ3) is 3.52. The van der Waals surface area contributed by atoms with Crippen LogP contribution >= 0.6 is 0 Å². The van der Waals surface area contributed by atoms with Gasteiger partial charge in [0.2, 0.25) is 5.88 Å². The lowest BCUT2D eigenvalue weighted by molar-refractivity contribution is 0.393. The summed E-state index contributed by atoms with van der Waals surface area (Å²) in [5.74, 6) is 1.43. The summed E-state index contributed by atoms with van der Waals surface area (Å²) in [7, 11) is 3.36. The second-order valence-electron chi connectivity index (χ2n) is 8.18. The van der Waals surface area contributed by atoms with Crippen molar-refractivity contribution >= 4 is 39.1 Å². The van der Waals surface area contributed by atoms with Gasteiger partial charge in [-0.2, -0.15) is 15.2 Å². The zero-order valence-electron chi connectivity index (χ0n) is 17.9. The van der Waals surface area contributed by atoms with Gasteiger partial charge in [0.25, 0.3) is 0 Å². The van der Waals surface area contributed by atoms with E-state index in [0.29, 0.717) is 45.8 Å². The van der Waals surface area contributed by atoms with Crippen LogP contribution in [0.2, 0.25) is 0 Å². The second kappa shape index (κ2) is 7.38. The van der Waals surface area contributed by atoms with Gasteiger partial charge in [0.1, 0.15) is 16.7 Å². The molecule has 0 radical (unpaired) electrons. The van der Waals surface area contributed by atoms with Gasteiger partial charge in [0.15, 0.2) is 11.6 Å². The topological polar surface area (TPSA) is 95.9 Å². The summed E-state index contributed by atoms with van der Waals surface area (Å²) in [5.41, 5.74) is 1.71. The van der Waals surface area contributed by atoms with E-state index < -0.39 is 5.82 Å². The van der Waals surface area contributed by atoms with Gasteiger partial charge in [0, 0.05) is 55.6 Å². The molecule has 2 atom stereocenters. The molecule has 1 aliphatic rings. The summed E-state index contributed by atoms with van der Waals surface area (Å²) in [6.07, 6.45) is 1.77. The molecule has 3 N–H and O–H groups in total. The number of H-pyrrole nitrogens is 1. The molecule has 0 saturated carbocycles. The van der Waals surface area contributed by atoms with Crippen LogP contribution in [0.5, 0.6) is 5.88 Å². The fourth-order valence-corrected chi connectivity index (χ4v) is 4.33. The molecule has 0 amide bonds. The van der Waals surface area contributed by atoms with Crippen LogP contribution in [0, 0.1) is 5.82 Å². The lowest BCUT2D eigenvalue weighted by Gasteiger charge is -2.37. The number of hydrogen-bond acceptors (Lipinski definition) is 7. The number of aromatic nitrogens is 5. The number of aromatic amines is 1. The van der Waals surface area contributed by atoms with Crippen LogP contribution in [-0.2, 0) is 7.05 Å². The SMILES string of the molecule is COc1nc(N2C[C@H](C)N[C@@H](C)C2)cc2[nH]nc(Nc3cc(F)c4nn(C)cc4c3)c12. The van der Waals surface area contributed by atoms with Crippen molar-refractivity contribution < 1.29 is 9.13 Å². The Labute approximate surface area is 178 Å². The Morgan fingerprint density at radius 3 is 2.71 bits per heavy atom. The van der Waals surface area contributed by atoms with Crippen molar-refractivity contribution in [2.45, 2.75) is 25.9 Å². The predicted molar refractivity (Wildman–Crippen MR) is 119 cm³/mol. The molecule has 0 spiro atoms. The van der Waals surface area contributed by atoms with Crippen LogP contribution in [-0.4, -0.2) is 57.2 Å². The van der Waals surface area contributed by atoms with E-state index in [-0.39, 0.29) is 0 Å². The predicted octanol–water partition coefficient (Wildman–Crippen LogP) is 2.92. The summed E-state index contributed by atoms with van der Waals surface area (Å²) in [5, 5.41) is 19.7. The zero-order valence-corrected chi connectivity index (χ0v) is 17.9. The first-order valence-corrected chi connectivity index (χ1v) is 10.3. The number of aryl methyl sites for hydroxylation is 1. The van der Waals surface area contributed by atoms with E-state index in [1.54, 1.807) is 25.0 Å². The summed E-state index contributed by atoms with van der Waals surface area (Å²) >= 11 is 0. The molecule has 3 aromatic heterocycles. The highest BCUT2D eigenvalue weighted by atomic mass is 19.1. The Kier molecular flexibility index (Phi) is 4.66. The molecule has 4 aromatic rings. The number of methoxy groups -OCH3 is 1. The van der Waals surface area contributed by atoms with E-state index in [1.807, 2.05) is 12.1 Å². The zero-order chi connectivity index (χ0) is 21.7. The van der Waals surface area contributed by atoms with Crippen molar-refractivity contribution in [2.24, 2.45) is 7.05 Å². The quantitative estimate of drug-likeness (QED) is 0.464. The van der Waals surface area contributed by atoms with Crippen LogP contribution < -0.4 is 20.3 Å². The number of anilines is 3. The monoisotopic (exact) mass is 424 g/mol. The van der Waals surface area contributed by atoms with Crippen molar-refractivity contribution in [1.29, 1.82) is 0 Å². The summed E-state index contributed by atoms with van der Waals surface area (Å²) < 4.78 is 21.7. The van der Waals surface area contributed by atoms with E-state index in [1.165, 1.54) is 6.07 Å². The number of halogens is 1. The molecule has 0 aliphatic carbocycles. The second-order valence-corrected chi connectivity index (χ2v) is 8.18. The fraction of sp³-hybridized carbons (Fsp3) is 0.381. The first-order chi connectivity index (χ1) is 14.9. The average molecular weight is 424 g/mol. The van der Waals surface area contributed by atoms with Crippen LogP contribution in [0.4, 0.5) is 21.7 Å². The van der Waals surface area contributed by atoms with Gasteiger partial charge in [-0.25, -0.2) is 4.39 Å². The maximum atomic E-state index is 14.5. The molecule has 0 bridgehead atoms. The minimum absolute atomic E-state index is 0.336. The number of hydrogen-bond donors (Lipinski definition) is 3. The van der Waals surface area contributed by atoms with Crippen molar-refractivity contribution in [2.75, 3.05) is 30.4 Å². The number of piperazine rings is 1. The first-order valence-electron chi connectivity index (χ1n) is 10.3. The number of rotatable bonds is 4. The van der Waals surface area contributed by atoms with Gasteiger partial charge in [-0.05, 0) is 26.0 Å². The molecule has 5 rings (SSSR count). The number of nitrogens with zero attached hydrogens (tertiary/aromatic N) is 5. The fourth-order valence-electron chi connectivity index (χ4n) is 4.33. The van der Waals surface area contributed by atoms with E-state index in [4.69, 9.17) is 9.72 Å². The molecule has 1 fully saturated rings. The molecule has 1 aliphatic heterocycles. The maximum absolute atomic E-state index is 14.5. The van der Waals surface area contributed by atoms with Gasteiger partial charge >= 0.3 is 0 Å². The highest BCUT2D eigenvalue weighted by Crippen LogP contribution is 2.34. The summed E-state index contributed by atoms with van der Waals surface area (Å²) in [6.45, 7) is 6.04. The van der Waals surface area contributed by atoms with E-state index >= 15 is 0 Å². The molecule has 1 saturated heterocycles. The van der Waals surface area contributed by atoms with Gasteiger partial charge < -0.3 is 20.3 Å². The summed E-state index contributed by atoms with van der Waals surface area (Å²) in [6, 6.07) is 5.95. The average Bonchev–Trinajstić information content (AvgIpc) is 3.30. The number of fused-ring (bicyclic) bond motifs is 2. The lowest BCUT2D eigenvalue weighted by atomic mass is 10.1. The van der Waals surface area contributed by atoms with E-state index in [2.05, 4.69) is 44.7 Å².